The van der Waals surface area contributed by atoms with Crippen LogP contribution in [-0.4, -0.2) is 28.3 Å². The van der Waals surface area contributed by atoms with Crippen molar-refractivity contribution < 1.29 is 9.59 Å². The average Bonchev–Trinajstić information content (AvgIpc) is 3.65. The lowest BCUT2D eigenvalue weighted by Crippen LogP contribution is -2.31. The molecule has 3 aromatic heterocycles. The molecule has 2 aliphatic rings. The molecule has 0 saturated carbocycles. The average molecular weight is 531 g/mol. The molecule has 4 heterocycles. The van der Waals surface area contributed by atoms with Crippen molar-refractivity contribution in [2.75, 3.05) is 11.9 Å². The molecule has 0 fully saturated rings. The number of carbonyl (C=O) groups excluding carboxylic acids is 2. The van der Waals surface area contributed by atoms with E-state index in [1.807, 2.05) is 23.5 Å². The molecule has 2 N–H and O–H groups in total. The highest BCUT2D eigenvalue weighted by Crippen LogP contribution is 2.38. The molecule has 1 aromatic carbocycles. The first-order chi connectivity index (χ1) is 18.2. The van der Waals surface area contributed by atoms with Gasteiger partial charge in [0.1, 0.15) is 10.0 Å². The van der Waals surface area contributed by atoms with E-state index in [0.29, 0.717) is 17.1 Å². The lowest BCUT2D eigenvalue weighted by Gasteiger charge is -2.27. The van der Waals surface area contributed by atoms with Crippen LogP contribution in [0.4, 0.5) is 9.80 Å². The molecule has 6 nitrogen and oxygen atoms in total. The van der Waals surface area contributed by atoms with E-state index in [0.717, 1.165) is 68.6 Å². The number of nitrogens with zero attached hydrogens (tertiary/aromatic N) is 2. The van der Waals surface area contributed by atoms with Crippen LogP contribution in [0.25, 0.3) is 5.00 Å². The van der Waals surface area contributed by atoms with Crippen molar-refractivity contribution in [3.63, 3.8) is 0 Å². The highest BCUT2D eigenvalue weighted by Gasteiger charge is 2.26. The summed E-state index contributed by atoms with van der Waals surface area (Å²) >= 11 is 3.37. The van der Waals surface area contributed by atoms with E-state index in [1.165, 1.54) is 26.4 Å². The van der Waals surface area contributed by atoms with Gasteiger partial charge in [0.25, 0.3) is 0 Å². The number of hydrogen-bond acceptors (Lipinski definition) is 5. The molecule has 8 heteroatoms. The Hall–Kier alpha value is -3.20. The Morgan fingerprint density at radius 2 is 1.76 bits per heavy atom. The minimum absolute atomic E-state index is 0.262. The number of rotatable bonds is 7. The number of nitrogens with one attached hydrogen (secondary N) is 2. The van der Waals surface area contributed by atoms with Crippen molar-refractivity contribution in [2.45, 2.75) is 51.7 Å². The van der Waals surface area contributed by atoms with E-state index >= 15 is 0 Å². The van der Waals surface area contributed by atoms with Crippen molar-refractivity contribution >= 4 is 40.0 Å². The molecule has 2 amide bonds. The number of aldehydes is 1. The van der Waals surface area contributed by atoms with Gasteiger partial charge in [-0.3, -0.25) is 15.0 Å². The van der Waals surface area contributed by atoms with Gasteiger partial charge >= 0.3 is 6.03 Å². The third-order valence-electron chi connectivity index (χ3n) is 7.29. The Labute approximate surface area is 224 Å². The Kier molecular flexibility index (Phi) is 6.95. The zero-order valence-corrected chi connectivity index (χ0v) is 22.3. The van der Waals surface area contributed by atoms with E-state index in [1.54, 1.807) is 11.3 Å². The van der Waals surface area contributed by atoms with E-state index in [2.05, 4.69) is 62.8 Å². The van der Waals surface area contributed by atoms with Crippen LogP contribution in [0, 0.1) is 0 Å². The lowest BCUT2D eigenvalue weighted by molar-refractivity contribution is 0.112. The van der Waals surface area contributed by atoms with Gasteiger partial charge in [-0.05, 0) is 60.9 Å². The molecule has 1 aliphatic carbocycles. The van der Waals surface area contributed by atoms with Crippen LogP contribution in [0.3, 0.4) is 0 Å². The van der Waals surface area contributed by atoms with Gasteiger partial charge < -0.3 is 9.88 Å². The van der Waals surface area contributed by atoms with Crippen LogP contribution in [-0.2, 0) is 38.9 Å². The van der Waals surface area contributed by atoms with Crippen molar-refractivity contribution in [1.29, 1.82) is 0 Å². The second kappa shape index (κ2) is 10.7. The van der Waals surface area contributed by atoms with Gasteiger partial charge in [0.15, 0.2) is 6.29 Å². The third kappa shape index (κ3) is 5.01. The van der Waals surface area contributed by atoms with Gasteiger partial charge in [-0.2, -0.15) is 0 Å². The molecule has 37 heavy (non-hydrogen) atoms. The van der Waals surface area contributed by atoms with Gasteiger partial charge in [0.05, 0.1) is 5.56 Å². The van der Waals surface area contributed by atoms with Gasteiger partial charge in [-0.25, -0.2) is 4.79 Å². The van der Waals surface area contributed by atoms with Crippen LogP contribution < -0.4 is 10.6 Å². The Morgan fingerprint density at radius 1 is 0.946 bits per heavy atom. The zero-order valence-electron chi connectivity index (χ0n) is 20.7. The van der Waals surface area contributed by atoms with Crippen LogP contribution in [0.1, 0.15) is 55.2 Å². The summed E-state index contributed by atoms with van der Waals surface area (Å²) in [5.41, 5.74) is 5.67. The highest BCUT2D eigenvalue weighted by atomic mass is 32.1. The van der Waals surface area contributed by atoms with Gasteiger partial charge in [-0.1, -0.05) is 30.3 Å². The molecule has 6 rings (SSSR count). The summed E-state index contributed by atoms with van der Waals surface area (Å²) in [6, 6.07) is 14.4. The number of carbonyl (C=O) groups is 2. The summed E-state index contributed by atoms with van der Waals surface area (Å²) in [4.78, 5) is 29.9. The predicted octanol–water partition coefficient (Wildman–Crippen LogP) is 6.17. The molecule has 0 saturated heterocycles. The number of benzene rings is 1. The van der Waals surface area contributed by atoms with Crippen molar-refractivity contribution in [3.05, 3.63) is 92.4 Å². The first-order valence-electron chi connectivity index (χ1n) is 12.9. The standard InChI is InChI=1S/C29H30N4O2S2/c34-19-24-21-10-4-5-11-25(21)36-27(24)31-29(35)30-16-23-22-12-15-32(17-20-8-2-1-3-9-20)18-26(22)37-28(23)33-13-6-7-14-33/h1-3,6-9,13-14,19H,4-5,10-12,15-18H2,(H2,30,31,35). The maximum atomic E-state index is 13.0. The van der Waals surface area contributed by atoms with Gasteiger partial charge in [-0.15, -0.1) is 22.7 Å². The topological polar surface area (TPSA) is 66.4 Å². The zero-order chi connectivity index (χ0) is 25.2. The molecule has 0 bridgehead atoms. The number of thiophene rings is 2. The second-order valence-electron chi connectivity index (χ2n) is 9.70. The Balaban J connectivity index is 1.19. The van der Waals surface area contributed by atoms with Crippen molar-refractivity contribution in [3.8, 4) is 5.00 Å². The van der Waals surface area contributed by atoms with E-state index in [-0.39, 0.29) is 6.03 Å². The first-order valence-corrected chi connectivity index (χ1v) is 14.5. The Morgan fingerprint density at radius 3 is 2.57 bits per heavy atom. The fourth-order valence-corrected chi connectivity index (χ4v) is 8.10. The third-order valence-corrected chi connectivity index (χ3v) is 9.79. The van der Waals surface area contributed by atoms with E-state index < -0.39 is 0 Å². The molecule has 0 radical (unpaired) electrons. The predicted molar refractivity (Wildman–Crippen MR) is 150 cm³/mol. The summed E-state index contributed by atoms with van der Waals surface area (Å²) in [6.07, 6.45) is 10.2. The fourth-order valence-electron chi connectivity index (χ4n) is 5.47. The summed E-state index contributed by atoms with van der Waals surface area (Å²) in [7, 11) is 0. The molecule has 0 atom stereocenters. The van der Waals surface area contributed by atoms with Crippen LogP contribution in [0.2, 0.25) is 0 Å². The second-order valence-corrected chi connectivity index (χ2v) is 11.9. The molecular formula is C29H30N4O2S2. The van der Waals surface area contributed by atoms with Crippen LogP contribution in [0.5, 0.6) is 0 Å². The van der Waals surface area contributed by atoms with Crippen LogP contribution >= 0.6 is 22.7 Å². The number of aryl methyl sites for hydroxylation is 1. The molecule has 0 spiro atoms. The number of anilines is 1. The minimum Gasteiger partial charge on any atom is -0.334 e. The highest BCUT2D eigenvalue weighted by molar-refractivity contribution is 7.17. The lowest BCUT2D eigenvalue weighted by atomic mass is 9.96. The Bertz CT molecular complexity index is 1410. The fraction of sp³-hybridized carbons (Fsp3) is 0.310. The number of urea groups is 1. The maximum Gasteiger partial charge on any atom is 0.320 e. The minimum atomic E-state index is -0.262. The summed E-state index contributed by atoms with van der Waals surface area (Å²) in [5, 5.41) is 7.90. The quantitative estimate of drug-likeness (QED) is 0.281. The van der Waals surface area contributed by atoms with Crippen LogP contribution in [0.15, 0.2) is 54.9 Å². The molecule has 190 valence electrons. The number of fused-ring (bicyclic) bond motifs is 2. The SMILES string of the molecule is O=Cc1c(NC(=O)NCc2c(-n3cccc3)sc3c2CCN(Cc2ccccc2)C3)sc2c1CCCC2. The summed E-state index contributed by atoms with van der Waals surface area (Å²) < 4.78 is 2.15. The summed E-state index contributed by atoms with van der Waals surface area (Å²) in [5.74, 6) is 0. The summed E-state index contributed by atoms with van der Waals surface area (Å²) in [6.45, 7) is 3.30. The smallest absolute Gasteiger partial charge is 0.320 e. The van der Waals surface area contributed by atoms with E-state index in [4.69, 9.17) is 0 Å². The molecule has 0 unspecified atom stereocenters. The monoisotopic (exact) mass is 530 g/mol. The maximum absolute atomic E-state index is 13.0. The van der Waals surface area contributed by atoms with Crippen molar-refractivity contribution in [1.82, 2.24) is 14.8 Å². The number of aromatic nitrogens is 1. The van der Waals surface area contributed by atoms with Gasteiger partial charge in [0.2, 0.25) is 0 Å². The first kappa shape index (κ1) is 24.2. The largest absolute Gasteiger partial charge is 0.334 e. The number of hydrogen-bond donors (Lipinski definition) is 2. The number of amides is 2. The molecular weight excluding hydrogens is 500 g/mol. The molecule has 1 aliphatic heterocycles. The van der Waals surface area contributed by atoms with Crippen molar-refractivity contribution in [2.24, 2.45) is 0 Å². The van der Waals surface area contributed by atoms with Gasteiger partial charge in [0, 0.05) is 53.9 Å². The molecule has 4 aromatic rings. The van der Waals surface area contributed by atoms with E-state index in [9.17, 15) is 9.59 Å². The normalized spacial score (nSPS) is 15.1.